The summed E-state index contributed by atoms with van der Waals surface area (Å²) in [5.41, 5.74) is 0. The smallest absolute Gasteiger partial charge is 0.240 e. The van der Waals surface area contributed by atoms with Gasteiger partial charge >= 0.3 is 0 Å². The fourth-order valence-electron chi connectivity index (χ4n) is 3.57. The predicted octanol–water partition coefficient (Wildman–Crippen LogP) is 0.960. The van der Waals surface area contributed by atoms with Gasteiger partial charge in [0.2, 0.25) is 11.0 Å². The molecule has 3 rings (SSSR count). The molecular weight excluding hydrogens is 326 g/mol. The van der Waals surface area contributed by atoms with Gasteiger partial charge in [0.05, 0.1) is 12.6 Å². The van der Waals surface area contributed by atoms with E-state index in [1.807, 2.05) is 4.90 Å². The second kappa shape index (κ2) is 8.33. The quantitative estimate of drug-likeness (QED) is 0.793. The van der Waals surface area contributed by atoms with Crippen molar-refractivity contribution in [3.63, 3.8) is 0 Å². The maximum atomic E-state index is 12.2. The van der Waals surface area contributed by atoms with Crippen LogP contribution in [0.4, 0.5) is 5.13 Å². The van der Waals surface area contributed by atoms with Crippen molar-refractivity contribution >= 4 is 22.4 Å². The van der Waals surface area contributed by atoms with Crippen molar-refractivity contribution in [1.82, 2.24) is 20.0 Å². The number of likely N-dealkylation sites (tertiary alicyclic amines) is 2. The van der Waals surface area contributed by atoms with Crippen molar-refractivity contribution in [3.05, 3.63) is 5.01 Å². The van der Waals surface area contributed by atoms with Gasteiger partial charge in [0.1, 0.15) is 5.01 Å². The average molecular weight is 353 g/mol. The number of nitrogens with zero attached hydrogens (tertiary/aromatic N) is 4. The molecule has 0 bridgehead atoms. The summed E-state index contributed by atoms with van der Waals surface area (Å²) in [5, 5.41) is 22.8. The van der Waals surface area contributed by atoms with Crippen LogP contribution in [0.1, 0.15) is 37.6 Å². The van der Waals surface area contributed by atoms with Crippen molar-refractivity contribution in [2.45, 2.75) is 51.2 Å². The zero-order valence-corrected chi connectivity index (χ0v) is 15.1. The van der Waals surface area contributed by atoms with Gasteiger partial charge in [-0.15, -0.1) is 10.2 Å². The van der Waals surface area contributed by atoms with E-state index in [1.54, 1.807) is 0 Å². The molecule has 2 saturated heterocycles. The Balaban J connectivity index is 1.47. The van der Waals surface area contributed by atoms with E-state index in [1.165, 1.54) is 30.6 Å². The summed E-state index contributed by atoms with van der Waals surface area (Å²) in [6.07, 6.45) is 5.25. The lowest BCUT2D eigenvalue weighted by atomic mass is 10.1. The maximum absolute atomic E-state index is 12.2. The number of amides is 1. The minimum absolute atomic E-state index is 0.0827. The Morgan fingerprint density at radius 1 is 1.29 bits per heavy atom. The molecule has 2 unspecified atom stereocenters. The fraction of sp³-hybridized carbons (Fsp3) is 0.812. The Labute approximate surface area is 147 Å². The highest BCUT2D eigenvalue weighted by Gasteiger charge is 2.36. The zero-order valence-electron chi connectivity index (χ0n) is 14.3. The van der Waals surface area contributed by atoms with Crippen LogP contribution in [0.3, 0.4) is 0 Å². The molecule has 1 aromatic heterocycles. The molecule has 1 amide bonds. The molecule has 7 nitrogen and oxygen atoms in total. The average Bonchev–Trinajstić information content (AvgIpc) is 3.15. The van der Waals surface area contributed by atoms with Gasteiger partial charge in [-0.25, -0.2) is 0 Å². The number of aliphatic hydroxyl groups excluding tert-OH is 1. The SMILES string of the molecule is CCCc1nnc(NC(=O)CN2CC(O)C(N3CCCCC3)C2)s1. The standard InChI is InChI=1S/C16H27N5O2S/c1-2-6-15-18-19-16(24-15)17-14(23)11-20-9-12(13(22)10-20)21-7-4-3-5-8-21/h12-13,22H,2-11H2,1H3,(H,17,19,23). The number of hydrogen-bond donors (Lipinski definition) is 2. The minimum atomic E-state index is -0.367. The number of aromatic nitrogens is 2. The lowest BCUT2D eigenvalue weighted by molar-refractivity contribution is -0.117. The number of carbonyl (C=O) groups excluding carboxylic acids is 1. The minimum Gasteiger partial charge on any atom is -0.390 e. The van der Waals surface area contributed by atoms with Crippen LogP contribution >= 0.6 is 11.3 Å². The molecule has 0 saturated carbocycles. The molecule has 2 aliphatic rings. The molecule has 0 spiro atoms. The van der Waals surface area contributed by atoms with Crippen LogP contribution in [0.25, 0.3) is 0 Å². The van der Waals surface area contributed by atoms with Crippen LogP contribution in [-0.4, -0.2) is 75.9 Å². The molecule has 0 aromatic carbocycles. The van der Waals surface area contributed by atoms with Crippen LogP contribution in [-0.2, 0) is 11.2 Å². The van der Waals surface area contributed by atoms with Crippen molar-refractivity contribution in [3.8, 4) is 0 Å². The van der Waals surface area contributed by atoms with Crippen LogP contribution in [0.5, 0.6) is 0 Å². The fourth-order valence-corrected chi connectivity index (χ4v) is 4.42. The van der Waals surface area contributed by atoms with Crippen molar-refractivity contribution in [2.24, 2.45) is 0 Å². The summed E-state index contributed by atoms with van der Waals surface area (Å²) in [6, 6.07) is 0.163. The van der Waals surface area contributed by atoms with Crippen LogP contribution in [0, 0.1) is 0 Å². The first-order chi connectivity index (χ1) is 11.7. The lowest BCUT2D eigenvalue weighted by Crippen LogP contribution is -2.46. The molecule has 3 heterocycles. The molecular formula is C16H27N5O2S. The number of aryl methyl sites for hydroxylation is 1. The van der Waals surface area contributed by atoms with Crippen LogP contribution in [0.2, 0.25) is 0 Å². The molecule has 8 heteroatoms. The van der Waals surface area contributed by atoms with Crippen molar-refractivity contribution in [2.75, 3.05) is 38.0 Å². The van der Waals surface area contributed by atoms with E-state index in [9.17, 15) is 9.90 Å². The second-order valence-electron chi connectivity index (χ2n) is 6.72. The maximum Gasteiger partial charge on any atom is 0.240 e. The number of carbonyl (C=O) groups is 1. The first kappa shape index (κ1) is 17.7. The zero-order chi connectivity index (χ0) is 16.9. The molecule has 1 aromatic rings. The van der Waals surface area contributed by atoms with Crippen LogP contribution < -0.4 is 5.32 Å². The predicted molar refractivity (Wildman–Crippen MR) is 94.2 cm³/mol. The highest BCUT2D eigenvalue weighted by atomic mass is 32.1. The number of aliphatic hydroxyl groups is 1. The van der Waals surface area contributed by atoms with Gasteiger partial charge < -0.3 is 5.11 Å². The van der Waals surface area contributed by atoms with E-state index in [4.69, 9.17) is 0 Å². The Kier molecular flexibility index (Phi) is 6.15. The number of anilines is 1. The number of nitrogens with one attached hydrogen (secondary N) is 1. The monoisotopic (exact) mass is 353 g/mol. The van der Waals surface area contributed by atoms with E-state index >= 15 is 0 Å². The molecule has 2 fully saturated rings. The van der Waals surface area contributed by atoms with Gasteiger partial charge in [-0.05, 0) is 32.4 Å². The van der Waals surface area contributed by atoms with E-state index in [0.29, 0.717) is 18.2 Å². The Morgan fingerprint density at radius 2 is 2.08 bits per heavy atom. The largest absolute Gasteiger partial charge is 0.390 e. The van der Waals surface area contributed by atoms with Crippen molar-refractivity contribution < 1.29 is 9.90 Å². The van der Waals surface area contributed by atoms with Gasteiger partial charge in [-0.1, -0.05) is 24.7 Å². The normalized spacial score (nSPS) is 25.9. The first-order valence-corrected chi connectivity index (χ1v) is 9.74. The molecule has 134 valence electrons. The summed E-state index contributed by atoms with van der Waals surface area (Å²) in [4.78, 5) is 16.6. The lowest BCUT2D eigenvalue weighted by Gasteiger charge is -2.33. The number of rotatable bonds is 6. The summed E-state index contributed by atoms with van der Waals surface area (Å²) in [7, 11) is 0. The summed E-state index contributed by atoms with van der Waals surface area (Å²) < 4.78 is 0. The Hall–Kier alpha value is -1.09. The third kappa shape index (κ3) is 4.50. The third-order valence-corrected chi connectivity index (χ3v) is 5.64. The molecule has 0 radical (unpaired) electrons. The van der Waals surface area contributed by atoms with E-state index in [2.05, 4.69) is 27.3 Å². The van der Waals surface area contributed by atoms with E-state index in [0.717, 1.165) is 37.5 Å². The van der Waals surface area contributed by atoms with Gasteiger partial charge in [-0.2, -0.15) is 0 Å². The van der Waals surface area contributed by atoms with E-state index in [-0.39, 0.29) is 18.1 Å². The molecule has 2 aliphatic heterocycles. The van der Waals surface area contributed by atoms with Gasteiger partial charge in [0.15, 0.2) is 0 Å². The highest BCUT2D eigenvalue weighted by molar-refractivity contribution is 7.15. The van der Waals surface area contributed by atoms with Gasteiger partial charge in [0.25, 0.3) is 0 Å². The van der Waals surface area contributed by atoms with E-state index < -0.39 is 0 Å². The molecule has 24 heavy (non-hydrogen) atoms. The highest BCUT2D eigenvalue weighted by Crippen LogP contribution is 2.21. The summed E-state index contributed by atoms with van der Waals surface area (Å²) in [5.74, 6) is -0.0827. The number of piperidine rings is 1. The number of β-amino-alcohol motifs (C(OH)–C–C–N with tert-alkyl or cyclic N) is 1. The Morgan fingerprint density at radius 3 is 2.83 bits per heavy atom. The van der Waals surface area contributed by atoms with Crippen molar-refractivity contribution in [1.29, 1.82) is 0 Å². The second-order valence-corrected chi connectivity index (χ2v) is 7.79. The van der Waals surface area contributed by atoms with Gasteiger partial charge in [0, 0.05) is 25.6 Å². The first-order valence-electron chi connectivity index (χ1n) is 8.92. The topological polar surface area (TPSA) is 81.6 Å². The summed E-state index contributed by atoms with van der Waals surface area (Å²) in [6.45, 7) is 5.83. The Bertz CT molecular complexity index is 546. The molecule has 0 aliphatic carbocycles. The molecule has 2 N–H and O–H groups in total. The number of hydrogen-bond acceptors (Lipinski definition) is 7. The van der Waals surface area contributed by atoms with Crippen LogP contribution in [0.15, 0.2) is 0 Å². The molecule has 2 atom stereocenters. The summed E-state index contributed by atoms with van der Waals surface area (Å²) >= 11 is 1.44. The third-order valence-electron chi connectivity index (χ3n) is 4.74. The van der Waals surface area contributed by atoms with Gasteiger partial charge in [-0.3, -0.25) is 19.9 Å².